The van der Waals surface area contributed by atoms with E-state index in [2.05, 4.69) is 10.3 Å². The molecule has 0 aliphatic rings. The van der Waals surface area contributed by atoms with Gasteiger partial charge in [0.2, 0.25) is 0 Å². The number of rotatable bonds is 5. The predicted octanol–water partition coefficient (Wildman–Crippen LogP) is 4.25. The van der Waals surface area contributed by atoms with Crippen LogP contribution in [0.15, 0.2) is 30.3 Å². The standard InChI is InChI=1S/C15H14F3N3/c16-15(17,18)7-3-4-8-20-14-12(10-19)9-11-5-1-2-6-13(11)21-14/h1-2,5-6,9H,3-4,7-8H2,(H,20,21). The first-order chi connectivity index (χ1) is 9.99. The van der Waals surface area contributed by atoms with Gasteiger partial charge in [0.15, 0.2) is 0 Å². The van der Waals surface area contributed by atoms with Crippen molar-refractivity contribution in [2.45, 2.75) is 25.4 Å². The van der Waals surface area contributed by atoms with Crippen LogP contribution in [0, 0.1) is 11.3 Å². The summed E-state index contributed by atoms with van der Waals surface area (Å²) >= 11 is 0. The van der Waals surface area contributed by atoms with E-state index in [4.69, 9.17) is 5.26 Å². The van der Waals surface area contributed by atoms with Gasteiger partial charge in [0, 0.05) is 18.4 Å². The Morgan fingerprint density at radius 3 is 2.67 bits per heavy atom. The van der Waals surface area contributed by atoms with Gasteiger partial charge >= 0.3 is 6.18 Å². The fourth-order valence-electron chi connectivity index (χ4n) is 1.99. The Bertz CT molecular complexity index is 659. The van der Waals surface area contributed by atoms with E-state index in [1.165, 1.54) is 0 Å². The van der Waals surface area contributed by atoms with Crippen molar-refractivity contribution in [3.63, 3.8) is 0 Å². The number of fused-ring (bicyclic) bond motifs is 1. The van der Waals surface area contributed by atoms with Crippen molar-refractivity contribution >= 4 is 16.7 Å². The van der Waals surface area contributed by atoms with E-state index in [1.54, 1.807) is 6.07 Å². The normalized spacial score (nSPS) is 11.3. The second kappa shape index (κ2) is 6.44. The number of hydrogen-bond donors (Lipinski definition) is 1. The average Bonchev–Trinajstić information content (AvgIpc) is 2.44. The van der Waals surface area contributed by atoms with Crippen molar-refractivity contribution in [3.8, 4) is 6.07 Å². The summed E-state index contributed by atoms with van der Waals surface area (Å²) in [5.74, 6) is 0.420. The molecule has 1 aromatic heterocycles. The summed E-state index contributed by atoms with van der Waals surface area (Å²) in [6.45, 7) is 0.357. The zero-order valence-electron chi connectivity index (χ0n) is 11.2. The lowest BCUT2D eigenvalue weighted by molar-refractivity contribution is -0.135. The molecular formula is C15H14F3N3. The molecule has 0 atom stereocenters. The van der Waals surface area contributed by atoms with E-state index in [1.807, 2.05) is 30.3 Å². The zero-order valence-corrected chi connectivity index (χ0v) is 11.2. The molecule has 0 bridgehead atoms. The molecule has 6 heteroatoms. The Morgan fingerprint density at radius 2 is 1.95 bits per heavy atom. The van der Waals surface area contributed by atoms with Crippen molar-refractivity contribution in [3.05, 3.63) is 35.9 Å². The van der Waals surface area contributed by atoms with Crippen LogP contribution in [0.25, 0.3) is 10.9 Å². The van der Waals surface area contributed by atoms with Crippen molar-refractivity contribution in [2.75, 3.05) is 11.9 Å². The number of nitrogens with zero attached hydrogens (tertiary/aromatic N) is 2. The van der Waals surface area contributed by atoms with Crippen LogP contribution in [0.4, 0.5) is 19.0 Å². The lowest BCUT2D eigenvalue weighted by atomic mass is 10.1. The van der Waals surface area contributed by atoms with Crippen LogP contribution in [0.1, 0.15) is 24.8 Å². The molecule has 0 aliphatic heterocycles. The van der Waals surface area contributed by atoms with Crippen molar-refractivity contribution in [2.24, 2.45) is 0 Å². The number of anilines is 1. The highest BCUT2D eigenvalue weighted by Crippen LogP contribution is 2.23. The molecule has 3 nitrogen and oxygen atoms in total. The number of benzene rings is 1. The lowest BCUT2D eigenvalue weighted by Gasteiger charge is -2.09. The molecule has 0 amide bonds. The number of para-hydroxylation sites is 1. The summed E-state index contributed by atoms with van der Waals surface area (Å²) in [6, 6.07) is 11.2. The van der Waals surface area contributed by atoms with Crippen LogP contribution in [0.3, 0.4) is 0 Å². The van der Waals surface area contributed by atoms with Gasteiger partial charge in [0.05, 0.1) is 11.1 Å². The molecule has 2 aromatic rings. The number of alkyl halides is 3. The maximum absolute atomic E-state index is 12.0. The summed E-state index contributed by atoms with van der Waals surface area (Å²) in [4.78, 5) is 4.34. The monoisotopic (exact) mass is 293 g/mol. The highest BCUT2D eigenvalue weighted by atomic mass is 19.4. The first-order valence-corrected chi connectivity index (χ1v) is 6.60. The Kier molecular flexibility index (Phi) is 4.63. The molecule has 1 heterocycles. The first-order valence-electron chi connectivity index (χ1n) is 6.60. The number of unbranched alkanes of at least 4 members (excludes halogenated alkanes) is 1. The molecule has 110 valence electrons. The smallest absolute Gasteiger partial charge is 0.369 e. The van der Waals surface area contributed by atoms with Gasteiger partial charge in [-0.05, 0) is 25.0 Å². The molecule has 2 rings (SSSR count). The molecule has 0 radical (unpaired) electrons. The van der Waals surface area contributed by atoms with E-state index >= 15 is 0 Å². The van der Waals surface area contributed by atoms with Gasteiger partial charge in [-0.2, -0.15) is 18.4 Å². The van der Waals surface area contributed by atoms with Crippen LogP contribution >= 0.6 is 0 Å². The van der Waals surface area contributed by atoms with E-state index in [9.17, 15) is 13.2 Å². The van der Waals surface area contributed by atoms with Crippen molar-refractivity contribution < 1.29 is 13.2 Å². The molecule has 0 unspecified atom stereocenters. The molecule has 1 N–H and O–H groups in total. The predicted molar refractivity (Wildman–Crippen MR) is 74.9 cm³/mol. The van der Waals surface area contributed by atoms with E-state index in [0.717, 1.165) is 10.9 Å². The third kappa shape index (κ3) is 4.35. The summed E-state index contributed by atoms with van der Waals surface area (Å²) < 4.78 is 36.1. The van der Waals surface area contributed by atoms with Crippen molar-refractivity contribution in [1.29, 1.82) is 5.26 Å². The largest absolute Gasteiger partial charge is 0.389 e. The molecule has 0 fully saturated rings. The second-order valence-electron chi connectivity index (χ2n) is 4.69. The van der Waals surface area contributed by atoms with Crippen LogP contribution in [0.5, 0.6) is 0 Å². The highest BCUT2D eigenvalue weighted by Gasteiger charge is 2.25. The molecular weight excluding hydrogens is 279 g/mol. The van der Waals surface area contributed by atoms with Crippen molar-refractivity contribution in [1.82, 2.24) is 4.98 Å². The maximum Gasteiger partial charge on any atom is 0.389 e. The summed E-state index contributed by atoms with van der Waals surface area (Å²) in [7, 11) is 0. The van der Waals surface area contributed by atoms with Crippen LogP contribution in [-0.4, -0.2) is 17.7 Å². The zero-order chi connectivity index (χ0) is 15.3. The van der Waals surface area contributed by atoms with E-state index in [-0.39, 0.29) is 6.42 Å². The van der Waals surface area contributed by atoms with Gasteiger partial charge in [-0.15, -0.1) is 0 Å². The van der Waals surface area contributed by atoms with Gasteiger partial charge in [0.1, 0.15) is 11.9 Å². The number of hydrogen-bond acceptors (Lipinski definition) is 3. The third-order valence-electron chi connectivity index (χ3n) is 3.02. The number of pyridine rings is 1. The summed E-state index contributed by atoms with van der Waals surface area (Å²) in [6.07, 6.45) is -4.46. The Balaban J connectivity index is 2.00. The fourth-order valence-corrected chi connectivity index (χ4v) is 1.99. The number of nitrogens with one attached hydrogen (secondary N) is 1. The Morgan fingerprint density at radius 1 is 1.19 bits per heavy atom. The van der Waals surface area contributed by atoms with E-state index in [0.29, 0.717) is 24.3 Å². The van der Waals surface area contributed by atoms with Gasteiger partial charge < -0.3 is 5.32 Å². The summed E-state index contributed by atoms with van der Waals surface area (Å²) in [5, 5.41) is 12.9. The first kappa shape index (κ1) is 15.1. The Hall–Kier alpha value is -2.29. The number of aromatic nitrogens is 1. The molecule has 21 heavy (non-hydrogen) atoms. The second-order valence-corrected chi connectivity index (χ2v) is 4.69. The van der Waals surface area contributed by atoms with Crippen LogP contribution in [0.2, 0.25) is 0 Å². The van der Waals surface area contributed by atoms with Gasteiger partial charge in [-0.25, -0.2) is 4.98 Å². The molecule has 1 aromatic carbocycles. The Labute approximate surface area is 120 Å². The fraction of sp³-hybridized carbons (Fsp3) is 0.333. The lowest BCUT2D eigenvalue weighted by Crippen LogP contribution is -2.09. The van der Waals surface area contributed by atoms with Crippen LogP contribution < -0.4 is 5.32 Å². The van der Waals surface area contributed by atoms with E-state index < -0.39 is 12.6 Å². The highest BCUT2D eigenvalue weighted by molar-refractivity contribution is 5.82. The van der Waals surface area contributed by atoms with Gasteiger partial charge in [-0.3, -0.25) is 0 Å². The van der Waals surface area contributed by atoms with Gasteiger partial charge in [0.25, 0.3) is 0 Å². The average molecular weight is 293 g/mol. The maximum atomic E-state index is 12.0. The topological polar surface area (TPSA) is 48.7 Å². The van der Waals surface area contributed by atoms with Gasteiger partial charge in [-0.1, -0.05) is 18.2 Å². The summed E-state index contributed by atoms with van der Waals surface area (Å²) in [5.41, 5.74) is 1.14. The molecule has 0 saturated carbocycles. The van der Waals surface area contributed by atoms with Crippen LogP contribution in [-0.2, 0) is 0 Å². The number of halogens is 3. The molecule has 0 aliphatic carbocycles. The minimum atomic E-state index is -4.11. The minimum Gasteiger partial charge on any atom is -0.369 e. The SMILES string of the molecule is N#Cc1cc2ccccc2nc1NCCCCC(F)(F)F. The molecule has 0 saturated heterocycles. The minimum absolute atomic E-state index is 0.0615. The number of nitriles is 1. The third-order valence-corrected chi connectivity index (χ3v) is 3.02. The quantitative estimate of drug-likeness (QED) is 0.838. The molecule has 0 spiro atoms.